The number of nitrogens with zero attached hydrogens (tertiary/aromatic N) is 1. The van der Waals surface area contributed by atoms with Gasteiger partial charge in [0.1, 0.15) is 11.3 Å². The number of alkyl halides is 3. The molecule has 1 aromatic heterocycles. The van der Waals surface area contributed by atoms with E-state index in [4.69, 9.17) is 4.74 Å². The second-order valence-corrected chi connectivity index (χ2v) is 5.85. The molecule has 2 aromatic rings. The van der Waals surface area contributed by atoms with E-state index in [2.05, 4.69) is 36.8 Å². The van der Waals surface area contributed by atoms with Gasteiger partial charge in [-0.2, -0.15) is 13.2 Å². The van der Waals surface area contributed by atoms with Gasteiger partial charge < -0.3 is 4.74 Å². The average Bonchev–Trinajstić information content (AvgIpc) is 2.34. The minimum absolute atomic E-state index is 0.239. The predicted molar refractivity (Wildman–Crippen MR) is 75.9 cm³/mol. The van der Waals surface area contributed by atoms with Gasteiger partial charge in [0.05, 0.1) is 0 Å². The maximum Gasteiger partial charge on any atom is 0.421 e. The van der Waals surface area contributed by atoms with Gasteiger partial charge in [0.2, 0.25) is 5.88 Å². The maximum absolute atomic E-state index is 13.0. The van der Waals surface area contributed by atoms with Crippen molar-refractivity contribution in [2.45, 2.75) is 13.1 Å². The summed E-state index contributed by atoms with van der Waals surface area (Å²) in [6, 6.07) is 6.06. The van der Waals surface area contributed by atoms with Crippen molar-refractivity contribution in [3.63, 3.8) is 0 Å². The predicted octanol–water partition coefficient (Wildman–Crippen LogP) is 5.73. The van der Waals surface area contributed by atoms with Gasteiger partial charge in [-0.15, -0.1) is 0 Å². The largest absolute Gasteiger partial charge is 0.438 e. The van der Waals surface area contributed by atoms with Crippen LogP contribution in [0.1, 0.15) is 11.1 Å². The van der Waals surface area contributed by atoms with Crippen molar-refractivity contribution >= 4 is 31.9 Å². The van der Waals surface area contributed by atoms with Gasteiger partial charge in [0, 0.05) is 15.1 Å². The van der Waals surface area contributed by atoms with Crippen molar-refractivity contribution in [1.82, 2.24) is 4.98 Å². The van der Waals surface area contributed by atoms with Gasteiger partial charge in [-0.05, 0) is 46.6 Å². The molecule has 0 amide bonds. The van der Waals surface area contributed by atoms with Gasteiger partial charge in [-0.3, -0.25) is 0 Å². The molecule has 1 heterocycles. The Kier molecular flexibility index (Phi) is 4.39. The number of aryl methyl sites for hydroxylation is 1. The normalized spacial score (nSPS) is 11.5. The SMILES string of the molecule is Cc1ccc(Br)cc1Oc1ncc(Br)cc1C(F)(F)F. The van der Waals surface area contributed by atoms with Crippen LogP contribution >= 0.6 is 31.9 Å². The molecule has 0 saturated carbocycles. The second kappa shape index (κ2) is 5.73. The molecule has 0 spiro atoms. The van der Waals surface area contributed by atoms with E-state index in [1.165, 1.54) is 6.20 Å². The summed E-state index contributed by atoms with van der Waals surface area (Å²) in [7, 11) is 0. The van der Waals surface area contributed by atoms with Crippen molar-refractivity contribution in [3.8, 4) is 11.6 Å². The second-order valence-electron chi connectivity index (χ2n) is 4.02. The molecule has 0 aliphatic rings. The fourth-order valence-corrected chi connectivity index (χ4v) is 2.17. The Labute approximate surface area is 130 Å². The summed E-state index contributed by atoms with van der Waals surface area (Å²) in [5.41, 5.74) is -0.211. The highest BCUT2D eigenvalue weighted by Crippen LogP contribution is 2.39. The summed E-state index contributed by atoms with van der Waals surface area (Å²) in [5.74, 6) is -0.151. The standard InChI is InChI=1S/C13H8Br2F3NO/c1-7-2-3-8(14)5-11(7)20-12-10(13(16,17)18)4-9(15)6-19-12/h2-6H,1H3. The summed E-state index contributed by atoms with van der Waals surface area (Å²) >= 11 is 6.22. The number of rotatable bonds is 2. The first-order chi connectivity index (χ1) is 9.27. The zero-order valence-electron chi connectivity index (χ0n) is 10.1. The van der Waals surface area contributed by atoms with Gasteiger partial charge in [-0.25, -0.2) is 4.98 Å². The lowest BCUT2D eigenvalue weighted by molar-refractivity contribution is -0.138. The van der Waals surface area contributed by atoms with Crippen LogP contribution in [0.25, 0.3) is 0 Å². The van der Waals surface area contributed by atoms with Crippen molar-refractivity contribution in [2.75, 3.05) is 0 Å². The van der Waals surface area contributed by atoms with Gasteiger partial charge in [0.25, 0.3) is 0 Å². The number of hydrogen-bond donors (Lipinski definition) is 0. The van der Waals surface area contributed by atoms with E-state index in [-0.39, 0.29) is 4.47 Å². The Hall–Kier alpha value is -1.08. The smallest absolute Gasteiger partial charge is 0.421 e. The Morgan fingerprint density at radius 1 is 1.10 bits per heavy atom. The van der Waals surface area contributed by atoms with Crippen molar-refractivity contribution in [3.05, 3.63) is 50.5 Å². The summed E-state index contributed by atoms with van der Waals surface area (Å²) in [6.45, 7) is 1.74. The zero-order chi connectivity index (χ0) is 14.9. The number of benzene rings is 1. The fraction of sp³-hybridized carbons (Fsp3) is 0.154. The Balaban J connectivity index is 2.46. The van der Waals surface area contributed by atoms with E-state index in [9.17, 15) is 13.2 Å². The molecule has 0 fully saturated rings. The molecule has 0 aliphatic heterocycles. The third kappa shape index (κ3) is 3.52. The quantitative estimate of drug-likeness (QED) is 0.631. The van der Waals surface area contributed by atoms with Crippen molar-refractivity contribution < 1.29 is 17.9 Å². The van der Waals surface area contributed by atoms with E-state index >= 15 is 0 Å². The molecule has 0 atom stereocenters. The number of aromatic nitrogens is 1. The van der Waals surface area contributed by atoms with Crippen LogP contribution in [0, 0.1) is 6.92 Å². The highest BCUT2D eigenvalue weighted by molar-refractivity contribution is 9.10. The van der Waals surface area contributed by atoms with E-state index in [0.717, 1.165) is 6.07 Å². The van der Waals surface area contributed by atoms with Crippen LogP contribution in [0.2, 0.25) is 0 Å². The monoisotopic (exact) mass is 409 g/mol. The van der Waals surface area contributed by atoms with Crippen LogP contribution in [-0.2, 0) is 6.18 Å². The van der Waals surface area contributed by atoms with Gasteiger partial charge >= 0.3 is 6.18 Å². The zero-order valence-corrected chi connectivity index (χ0v) is 13.3. The summed E-state index contributed by atoms with van der Waals surface area (Å²) in [4.78, 5) is 3.71. The van der Waals surface area contributed by atoms with Crippen LogP contribution in [0.15, 0.2) is 39.4 Å². The first-order valence-electron chi connectivity index (χ1n) is 5.44. The van der Waals surface area contributed by atoms with E-state index in [0.29, 0.717) is 15.8 Å². The molecule has 0 saturated heterocycles. The molecule has 106 valence electrons. The summed E-state index contributed by atoms with van der Waals surface area (Å²) in [5, 5.41) is 0. The molecule has 0 radical (unpaired) electrons. The highest BCUT2D eigenvalue weighted by Gasteiger charge is 2.36. The number of hydrogen-bond acceptors (Lipinski definition) is 2. The lowest BCUT2D eigenvalue weighted by atomic mass is 10.2. The number of ether oxygens (including phenoxy) is 1. The molecule has 0 unspecified atom stereocenters. The average molecular weight is 411 g/mol. The Bertz CT molecular complexity index is 644. The third-order valence-corrected chi connectivity index (χ3v) is 3.41. The molecular weight excluding hydrogens is 403 g/mol. The summed E-state index contributed by atoms with van der Waals surface area (Å²) < 4.78 is 45.2. The molecule has 2 nitrogen and oxygen atoms in total. The van der Waals surface area contributed by atoms with Gasteiger partial charge in [-0.1, -0.05) is 22.0 Å². The minimum atomic E-state index is -4.54. The lowest BCUT2D eigenvalue weighted by Crippen LogP contribution is -2.08. The van der Waals surface area contributed by atoms with Crippen LogP contribution < -0.4 is 4.74 Å². The first kappa shape index (κ1) is 15.3. The molecule has 1 aromatic carbocycles. The van der Waals surface area contributed by atoms with E-state index < -0.39 is 17.6 Å². The topological polar surface area (TPSA) is 22.1 Å². The maximum atomic E-state index is 13.0. The van der Waals surface area contributed by atoms with E-state index in [1.807, 2.05) is 0 Å². The molecule has 0 N–H and O–H groups in total. The summed E-state index contributed by atoms with van der Waals surface area (Å²) in [6.07, 6.45) is -3.27. The van der Waals surface area contributed by atoms with Gasteiger partial charge in [0.15, 0.2) is 0 Å². The number of pyridine rings is 1. The van der Waals surface area contributed by atoms with Crippen LogP contribution in [0.5, 0.6) is 11.6 Å². The molecular formula is C13H8Br2F3NO. The van der Waals surface area contributed by atoms with Crippen molar-refractivity contribution in [2.24, 2.45) is 0 Å². The van der Waals surface area contributed by atoms with Crippen LogP contribution in [-0.4, -0.2) is 4.98 Å². The Morgan fingerprint density at radius 3 is 2.45 bits per heavy atom. The molecule has 2 rings (SSSR count). The van der Waals surface area contributed by atoms with Crippen molar-refractivity contribution in [1.29, 1.82) is 0 Å². The highest BCUT2D eigenvalue weighted by atomic mass is 79.9. The molecule has 0 aliphatic carbocycles. The molecule has 20 heavy (non-hydrogen) atoms. The van der Waals surface area contributed by atoms with Crippen LogP contribution in [0.3, 0.4) is 0 Å². The van der Waals surface area contributed by atoms with Crippen LogP contribution in [0.4, 0.5) is 13.2 Å². The van der Waals surface area contributed by atoms with E-state index in [1.54, 1.807) is 25.1 Å². The first-order valence-corrected chi connectivity index (χ1v) is 7.03. The molecule has 7 heteroatoms. The fourth-order valence-electron chi connectivity index (χ4n) is 1.50. The Morgan fingerprint density at radius 2 is 1.80 bits per heavy atom. The number of halogens is 5. The minimum Gasteiger partial charge on any atom is -0.438 e. The third-order valence-electron chi connectivity index (χ3n) is 2.48. The molecule has 0 bridgehead atoms. The lowest BCUT2D eigenvalue weighted by Gasteiger charge is -2.14.